The first-order valence-corrected chi connectivity index (χ1v) is 12.0. The number of benzene rings is 3. The summed E-state index contributed by atoms with van der Waals surface area (Å²) in [6.45, 7) is 4.25. The van der Waals surface area contributed by atoms with Crippen LogP contribution in [0, 0.1) is 6.92 Å². The van der Waals surface area contributed by atoms with E-state index in [2.05, 4.69) is 5.32 Å². The van der Waals surface area contributed by atoms with Crippen molar-refractivity contribution in [2.45, 2.75) is 25.3 Å². The second kappa shape index (κ2) is 10.5. The van der Waals surface area contributed by atoms with Gasteiger partial charge < -0.3 is 10.1 Å². The van der Waals surface area contributed by atoms with E-state index in [1.807, 2.05) is 38.1 Å². The highest BCUT2D eigenvalue weighted by Crippen LogP contribution is 2.26. The van der Waals surface area contributed by atoms with Crippen LogP contribution in [0.1, 0.15) is 18.1 Å². The third-order valence-corrected chi connectivity index (χ3v) is 6.90. The number of sulfonamides is 1. The zero-order valence-corrected chi connectivity index (χ0v) is 19.5. The number of carbonyl (C=O) groups excluding carboxylic acids is 1. The van der Waals surface area contributed by atoms with Gasteiger partial charge in [-0.2, -0.15) is 0 Å². The predicted molar refractivity (Wildman–Crippen MR) is 127 cm³/mol. The van der Waals surface area contributed by atoms with E-state index in [0.717, 1.165) is 15.4 Å². The third kappa shape index (κ3) is 5.81. The molecule has 0 aliphatic carbocycles. The van der Waals surface area contributed by atoms with Crippen molar-refractivity contribution in [3.63, 3.8) is 0 Å². The minimum absolute atomic E-state index is 0.0440. The van der Waals surface area contributed by atoms with Gasteiger partial charge in [0.05, 0.1) is 17.2 Å². The van der Waals surface area contributed by atoms with Gasteiger partial charge in [0, 0.05) is 11.6 Å². The van der Waals surface area contributed by atoms with Crippen molar-refractivity contribution in [3.05, 3.63) is 88.9 Å². The fourth-order valence-electron chi connectivity index (χ4n) is 3.11. The van der Waals surface area contributed by atoms with Gasteiger partial charge in [0.1, 0.15) is 12.3 Å². The number of hydrogen-bond acceptors (Lipinski definition) is 4. The van der Waals surface area contributed by atoms with Crippen molar-refractivity contribution >= 4 is 33.2 Å². The van der Waals surface area contributed by atoms with Crippen LogP contribution in [-0.2, 0) is 21.4 Å². The lowest BCUT2D eigenvalue weighted by molar-refractivity contribution is -0.119. The van der Waals surface area contributed by atoms with Crippen LogP contribution in [0.3, 0.4) is 0 Å². The van der Waals surface area contributed by atoms with E-state index in [4.69, 9.17) is 16.3 Å². The molecule has 8 heteroatoms. The number of nitrogens with one attached hydrogen (secondary N) is 1. The number of aryl methyl sites for hydroxylation is 1. The fourth-order valence-corrected chi connectivity index (χ4v) is 4.66. The highest BCUT2D eigenvalue weighted by molar-refractivity contribution is 7.92. The number of ether oxygens (including phenoxy) is 1. The number of hydrogen-bond donors (Lipinski definition) is 1. The summed E-state index contributed by atoms with van der Waals surface area (Å²) in [5, 5.41) is 3.24. The summed E-state index contributed by atoms with van der Waals surface area (Å²) in [5.41, 5.74) is 2.37. The van der Waals surface area contributed by atoms with E-state index in [-0.39, 0.29) is 11.4 Å². The Hall–Kier alpha value is -3.03. The normalized spacial score (nSPS) is 11.1. The molecule has 0 unspecified atom stereocenters. The molecule has 3 aromatic rings. The lowest BCUT2D eigenvalue weighted by atomic mass is 10.1. The van der Waals surface area contributed by atoms with Gasteiger partial charge >= 0.3 is 0 Å². The monoisotopic (exact) mass is 472 g/mol. The third-order valence-electron chi connectivity index (χ3n) is 4.86. The first kappa shape index (κ1) is 23.6. The molecule has 0 aliphatic rings. The summed E-state index contributed by atoms with van der Waals surface area (Å²) >= 11 is 5.92. The molecule has 3 aromatic carbocycles. The fraction of sp³-hybridized carbons (Fsp3) is 0.208. The van der Waals surface area contributed by atoms with Crippen LogP contribution in [-0.4, -0.2) is 27.5 Å². The maximum atomic E-state index is 13.4. The Morgan fingerprint density at radius 1 is 1.00 bits per heavy atom. The number of amides is 1. The number of nitrogens with zero attached hydrogens (tertiary/aromatic N) is 1. The lowest BCUT2D eigenvalue weighted by Gasteiger charge is -2.24. The SMILES string of the molecule is CCOc1ccc(N(CC(=O)NCc2ccccc2C)S(=O)(=O)c2ccc(Cl)cc2)cc1. The topological polar surface area (TPSA) is 75.7 Å². The van der Waals surface area contributed by atoms with Gasteiger partial charge in [0.25, 0.3) is 10.0 Å². The molecule has 1 amide bonds. The minimum Gasteiger partial charge on any atom is -0.494 e. The van der Waals surface area contributed by atoms with Crippen LogP contribution in [0.25, 0.3) is 0 Å². The Labute approximate surface area is 193 Å². The van der Waals surface area contributed by atoms with Crippen LogP contribution in [0.15, 0.2) is 77.7 Å². The van der Waals surface area contributed by atoms with E-state index in [1.54, 1.807) is 24.3 Å². The molecule has 0 aliphatic heterocycles. The molecule has 0 bridgehead atoms. The second-order valence-corrected chi connectivity index (χ2v) is 9.39. The molecule has 6 nitrogen and oxygen atoms in total. The van der Waals surface area contributed by atoms with Crippen LogP contribution >= 0.6 is 11.6 Å². The zero-order chi connectivity index (χ0) is 23.1. The molecule has 32 heavy (non-hydrogen) atoms. The average Bonchev–Trinajstić information content (AvgIpc) is 2.78. The maximum Gasteiger partial charge on any atom is 0.264 e. The molecule has 168 valence electrons. The van der Waals surface area contributed by atoms with Crippen molar-refractivity contribution in [2.24, 2.45) is 0 Å². The minimum atomic E-state index is -4.01. The van der Waals surface area contributed by atoms with E-state index >= 15 is 0 Å². The molecular formula is C24H25ClN2O4S. The Morgan fingerprint density at radius 3 is 2.28 bits per heavy atom. The zero-order valence-electron chi connectivity index (χ0n) is 17.9. The van der Waals surface area contributed by atoms with Crippen LogP contribution in [0.5, 0.6) is 5.75 Å². The number of rotatable bonds is 9. The summed E-state index contributed by atoms with van der Waals surface area (Å²) in [6.07, 6.45) is 0. The lowest BCUT2D eigenvalue weighted by Crippen LogP contribution is -2.40. The molecule has 0 aromatic heterocycles. The average molecular weight is 473 g/mol. The molecule has 1 N–H and O–H groups in total. The summed E-state index contributed by atoms with van der Waals surface area (Å²) < 4.78 is 33.3. The standard InChI is InChI=1S/C24H25ClN2O4S/c1-3-31-22-12-10-21(11-13-22)27(32(29,30)23-14-8-20(25)9-15-23)17-24(28)26-16-19-7-5-4-6-18(19)2/h4-15H,3,16-17H2,1-2H3,(H,26,28). The van der Waals surface area contributed by atoms with Crippen LogP contribution in [0.2, 0.25) is 5.02 Å². The Morgan fingerprint density at radius 2 is 1.66 bits per heavy atom. The molecule has 0 heterocycles. The first-order chi connectivity index (χ1) is 15.3. The van der Waals surface area contributed by atoms with Gasteiger partial charge in [-0.05, 0) is 73.5 Å². The second-order valence-electron chi connectivity index (χ2n) is 7.10. The van der Waals surface area contributed by atoms with Crippen molar-refractivity contribution in [3.8, 4) is 5.75 Å². The molecule has 0 fully saturated rings. The Balaban J connectivity index is 1.86. The first-order valence-electron chi connectivity index (χ1n) is 10.1. The molecule has 0 saturated heterocycles. The van der Waals surface area contributed by atoms with Crippen molar-refractivity contribution in [2.75, 3.05) is 17.5 Å². The number of carbonyl (C=O) groups is 1. The van der Waals surface area contributed by atoms with Gasteiger partial charge in [0.15, 0.2) is 0 Å². The van der Waals surface area contributed by atoms with Gasteiger partial charge in [-0.3, -0.25) is 9.10 Å². The van der Waals surface area contributed by atoms with Gasteiger partial charge in [-0.15, -0.1) is 0 Å². The quantitative estimate of drug-likeness (QED) is 0.495. The van der Waals surface area contributed by atoms with Crippen molar-refractivity contribution < 1.29 is 17.9 Å². The Bertz CT molecular complexity index is 1160. The van der Waals surface area contributed by atoms with Crippen molar-refractivity contribution in [1.82, 2.24) is 5.32 Å². The van der Waals surface area contributed by atoms with Gasteiger partial charge in [-0.25, -0.2) is 8.42 Å². The molecular weight excluding hydrogens is 448 g/mol. The number of halogens is 1. The van der Waals surface area contributed by atoms with E-state index in [0.29, 0.717) is 29.6 Å². The highest BCUT2D eigenvalue weighted by atomic mass is 35.5. The maximum absolute atomic E-state index is 13.4. The van der Waals surface area contributed by atoms with Crippen LogP contribution < -0.4 is 14.4 Å². The summed E-state index contributed by atoms with van der Waals surface area (Å²) in [6, 6.07) is 20.1. The smallest absolute Gasteiger partial charge is 0.264 e. The molecule has 0 spiro atoms. The molecule has 0 atom stereocenters. The largest absolute Gasteiger partial charge is 0.494 e. The van der Waals surface area contributed by atoms with Crippen LogP contribution in [0.4, 0.5) is 5.69 Å². The summed E-state index contributed by atoms with van der Waals surface area (Å²) in [7, 11) is -4.01. The summed E-state index contributed by atoms with van der Waals surface area (Å²) in [5.74, 6) is 0.198. The highest BCUT2D eigenvalue weighted by Gasteiger charge is 2.27. The van der Waals surface area contributed by atoms with E-state index in [9.17, 15) is 13.2 Å². The van der Waals surface area contributed by atoms with Gasteiger partial charge in [-0.1, -0.05) is 35.9 Å². The van der Waals surface area contributed by atoms with Gasteiger partial charge in [0.2, 0.25) is 5.91 Å². The van der Waals surface area contributed by atoms with Crippen molar-refractivity contribution in [1.29, 1.82) is 0 Å². The number of anilines is 1. The van der Waals surface area contributed by atoms with E-state index < -0.39 is 15.9 Å². The summed E-state index contributed by atoms with van der Waals surface area (Å²) in [4.78, 5) is 12.8. The molecule has 3 rings (SSSR count). The molecule has 0 radical (unpaired) electrons. The Kier molecular flexibility index (Phi) is 7.77. The van der Waals surface area contributed by atoms with E-state index in [1.165, 1.54) is 24.3 Å². The predicted octanol–water partition coefficient (Wildman–Crippen LogP) is 4.56. The molecule has 0 saturated carbocycles.